The van der Waals surface area contributed by atoms with E-state index in [-0.39, 0.29) is 5.78 Å². The summed E-state index contributed by atoms with van der Waals surface area (Å²) in [5.41, 5.74) is 2.56. The van der Waals surface area contributed by atoms with Gasteiger partial charge in [0.2, 0.25) is 0 Å². The van der Waals surface area contributed by atoms with E-state index in [2.05, 4.69) is 0 Å². The van der Waals surface area contributed by atoms with Gasteiger partial charge in [0.1, 0.15) is 6.61 Å². The molecule has 2 aromatic carbocycles. The van der Waals surface area contributed by atoms with Crippen molar-refractivity contribution < 1.29 is 14.3 Å². The molecule has 0 amide bonds. The molecule has 0 fully saturated rings. The molecule has 0 saturated carbocycles. The van der Waals surface area contributed by atoms with Crippen LogP contribution in [0.3, 0.4) is 0 Å². The zero-order valence-corrected chi connectivity index (χ0v) is 12.0. The maximum atomic E-state index is 11.6. The van der Waals surface area contributed by atoms with E-state index >= 15 is 0 Å². The zero-order valence-electron chi connectivity index (χ0n) is 12.0. The van der Waals surface area contributed by atoms with E-state index in [1.165, 1.54) is 6.92 Å². The van der Waals surface area contributed by atoms with Crippen LogP contribution in [0, 0.1) is 6.92 Å². The lowest BCUT2D eigenvalue weighted by Gasteiger charge is -2.15. The number of benzene rings is 2. The third-order valence-electron chi connectivity index (χ3n) is 3.12. The van der Waals surface area contributed by atoms with Gasteiger partial charge in [-0.05, 0) is 31.0 Å². The summed E-state index contributed by atoms with van der Waals surface area (Å²) in [5, 5.41) is 0. The Morgan fingerprint density at radius 2 is 1.75 bits per heavy atom. The molecule has 0 unspecified atom stereocenters. The van der Waals surface area contributed by atoms with Crippen LogP contribution in [0.2, 0.25) is 0 Å². The normalized spacial score (nSPS) is 10.2. The average molecular weight is 270 g/mol. The van der Waals surface area contributed by atoms with Crippen LogP contribution in [0.25, 0.3) is 0 Å². The second kappa shape index (κ2) is 6.24. The molecule has 0 bridgehead atoms. The number of methoxy groups -OCH3 is 1. The van der Waals surface area contributed by atoms with Crippen molar-refractivity contribution in [3.05, 3.63) is 59.2 Å². The second-order valence-electron chi connectivity index (χ2n) is 4.62. The highest BCUT2D eigenvalue weighted by Crippen LogP contribution is 2.35. The Bertz CT molecular complexity index is 603. The fourth-order valence-corrected chi connectivity index (χ4v) is 2.05. The van der Waals surface area contributed by atoms with Gasteiger partial charge in [-0.25, -0.2) is 0 Å². The molecular formula is C17H18O3. The van der Waals surface area contributed by atoms with Gasteiger partial charge in [-0.15, -0.1) is 0 Å². The lowest BCUT2D eigenvalue weighted by Crippen LogP contribution is -2.04. The van der Waals surface area contributed by atoms with Crippen LogP contribution in [0.5, 0.6) is 11.5 Å². The molecule has 3 heteroatoms. The highest BCUT2D eigenvalue weighted by Gasteiger charge is 2.16. The first-order chi connectivity index (χ1) is 9.63. The van der Waals surface area contributed by atoms with Gasteiger partial charge >= 0.3 is 0 Å². The van der Waals surface area contributed by atoms with Crippen molar-refractivity contribution in [1.29, 1.82) is 0 Å². The van der Waals surface area contributed by atoms with Gasteiger partial charge in [-0.3, -0.25) is 4.79 Å². The van der Waals surface area contributed by atoms with Crippen molar-refractivity contribution in [2.45, 2.75) is 20.5 Å². The van der Waals surface area contributed by atoms with Crippen LogP contribution in [-0.4, -0.2) is 12.9 Å². The maximum absolute atomic E-state index is 11.6. The average Bonchev–Trinajstić information content (AvgIpc) is 2.46. The fourth-order valence-electron chi connectivity index (χ4n) is 2.05. The van der Waals surface area contributed by atoms with Crippen LogP contribution in [0.4, 0.5) is 0 Å². The molecule has 0 atom stereocenters. The van der Waals surface area contributed by atoms with Crippen LogP contribution >= 0.6 is 0 Å². The maximum Gasteiger partial charge on any atom is 0.171 e. The van der Waals surface area contributed by atoms with E-state index < -0.39 is 0 Å². The third-order valence-corrected chi connectivity index (χ3v) is 3.12. The summed E-state index contributed by atoms with van der Waals surface area (Å²) in [4.78, 5) is 11.6. The Labute approximate surface area is 119 Å². The highest BCUT2D eigenvalue weighted by atomic mass is 16.5. The number of ketones is 1. The molecule has 0 aliphatic rings. The number of Topliss-reactive ketones (excluding diaryl/α,β-unsaturated/α-hetero) is 1. The van der Waals surface area contributed by atoms with Crippen LogP contribution in [0.1, 0.15) is 28.4 Å². The topological polar surface area (TPSA) is 35.5 Å². The predicted molar refractivity (Wildman–Crippen MR) is 78.5 cm³/mol. The van der Waals surface area contributed by atoms with E-state index in [9.17, 15) is 4.79 Å². The van der Waals surface area contributed by atoms with Crippen LogP contribution in [-0.2, 0) is 6.61 Å². The molecule has 2 aromatic rings. The quantitative estimate of drug-likeness (QED) is 0.775. The van der Waals surface area contributed by atoms with Crippen molar-refractivity contribution in [2.24, 2.45) is 0 Å². The molecule has 0 N–H and O–H groups in total. The minimum atomic E-state index is -0.0357. The summed E-state index contributed by atoms with van der Waals surface area (Å²) in [6.45, 7) is 3.90. The predicted octanol–water partition coefficient (Wildman–Crippen LogP) is 3.79. The van der Waals surface area contributed by atoms with Crippen LogP contribution in [0.15, 0.2) is 42.5 Å². The molecule has 0 aromatic heterocycles. The van der Waals surface area contributed by atoms with Gasteiger partial charge < -0.3 is 9.47 Å². The van der Waals surface area contributed by atoms with E-state index in [4.69, 9.17) is 9.47 Å². The molecule has 104 valence electrons. The summed E-state index contributed by atoms with van der Waals surface area (Å²) in [6, 6.07) is 13.5. The van der Waals surface area contributed by atoms with Crippen molar-refractivity contribution in [3.63, 3.8) is 0 Å². The first-order valence-electron chi connectivity index (χ1n) is 6.48. The Kier molecular flexibility index (Phi) is 4.41. The summed E-state index contributed by atoms with van der Waals surface area (Å²) in [6.07, 6.45) is 0. The minimum Gasteiger partial charge on any atom is -0.492 e. The van der Waals surface area contributed by atoms with Crippen LogP contribution < -0.4 is 9.47 Å². The molecule has 0 spiro atoms. The molecular weight excluding hydrogens is 252 g/mol. The monoisotopic (exact) mass is 270 g/mol. The van der Waals surface area contributed by atoms with E-state index in [0.29, 0.717) is 23.7 Å². The number of carbonyl (C=O) groups excluding carboxylic acids is 1. The number of ether oxygens (including phenoxy) is 2. The lowest BCUT2D eigenvalue weighted by molar-refractivity contribution is 0.101. The van der Waals surface area contributed by atoms with Gasteiger partial charge in [-0.2, -0.15) is 0 Å². The Morgan fingerprint density at radius 1 is 1.05 bits per heavy atom. The van der Waals surface area contributed by atoms with Gasteiger partial charge in [0.25, 0.3) is 0 Å². The molecule has 20 heavy (non-hydrogen) atoms. The standard InChI is InChI=1S/C17H18O3/c1-12-9-10-15(13(2)18)17(19-3)16(12)20-11-14-7-5-4-6-8-14/h4-10H,11H2,1-3H3. The summed E-state index contributed by atoms with van der Waals surface area (Å²) >= 11 is 0. The zero-order chi connectivity index (χ0) is 14.5. The molecule has 0 aliphatic heterocycles. The van der Waals surface area contributed by atoms with Crippen molar-refractivity contribution in [2.75, 3.05) is 7.11 Å². The molecule has 0 heterocycles. The van der Waals surface area contributed by atoms with Crippen molar-refractivity contribution in [3.8, 4) is 11.5 Å². The van der Waals surface area contributed by atoms with Crippen molar-refractivity contribution >= 4 is 5.78 Å². The fraction of sp³-hybridized carbons (Fsp3) is 0.235. The second-order valence-corrected chi connectivity index (χ2v) is 4.62. The number of hydrogen-bond acceptors (Lipinski definition) is 3. The first kappa shape index (κ1) is 14.1. The van der Waals surface area contributed by atoms with E-state index in [1.807, 2.05) is 43.3 Å². The molecule has 0 radical (unpaired) electrons. The minimum absolute atomic E-state index is 0.0357. The van der Waals surface area contributed by atoms with Gasteiger partial charge in [-0.1, -0.05) is 36.4 Å². The highest BCUT2D eigenvalue weighted by molar-refractivity contribution is 5.97. The summed E-state index contributed by atoms with van der Waals surface area (Å²) in [7, 11) is 1.55. The SMILES string of the molecule is COc1c(C(C)=O)ccc(C)c1OCc1ccccc1. The largest absolute Gasteiger partial charge is 0.492 e. The first-order valence-corrected chi connectivity index (χ1v) is 6.48. The lowest BCUT2D eigenvalue weighted by atomic mass is 10.1. The summed E-state index contributed by atoms with van der Waals surface area (Å²) < 4.78 is 11.2. The number of aryl methyl sites for hydroxylation is 1. The number of hydrogen-bond donors (Lipinski definition) is 0. The Balaban J connectivity index is 2.30. The number of rotatable bonds is 5. The molecule has 0 saturated heterocycles. The smallest absolute Gasteiger partial charge is 0.171 e. The van der Waals surface area contributed by atoms with Gasteiger partial charge in [0, 0.05) is 0 Å². The van der Waals surface area contributed by atoms with Crippen molar-refractivity contribution in [1.82, 2.24) is 0 Å². The van der Waals surface area contributed by atoms with Gasteiger partial charge in [0.15, 0.2) is 17.3 Å². The van der Waals surface area contributed by atoms with E-state index in [0.717, 1.165) is 11.1 Å². The van der Waals surface area contributed by atoms with Gasteiger partial charge in [0.05, 0.1) is 12.7 Å². The number of carbonyl (C=O) groups is 1. The Morgan fingerprint density at radius 3 is 2.35 bits per heavy atom. The Hall–Kier alpha value is -2.29. The molecule has 3 nitrogen and oxygen atoms in total. The molecule has 0 aliphatic carbocycles. The molecule has 2 rings (SSSR count). The third kappa shape index (κ3) is 2.99. The van der Waals surface area contributed by atoms with E-state index in [1.54, 1.807) is 13.2 Å². The summed E-state index contributed by atoms with van der Waals surface area (Å²) in [5.74, 6) is 1.10.